The van der Waals surface area contributed by atoms with Gasteiger partial charge in [-0.2, -0.15) is 0 Å². The van der Waals surface area contributed by atoms with Gasteiger partial charge in [0.25, 0.3) is 5.91 Å². The minimum Gasteiger partial charge on any atom is -0.483 e. The Morgan fingerprint density at radius 1 is 1.23 bits per heavy atom. The van der Waals surface area contributed by atoms with Crippen LogP contribution in [-0.4, -0.2) is 55.6 Å². The molecule has 2 fully saturated rings. The second-order valence-corrected chi connectivity index (χ2v) is 7.90. The van der Waals surface area contributed by atoms with Gasteiger partial charge in [0.1, 0.15) is 5.60 Å². The van der Waals surface area contributed by atoms with Gasteiger partial charge in [0.2, 0.25) is 0 Å². The van der Waals surface area contributed by atoms with Crippen molar-refractivity contribution in [2.75, 3.05) is 32.9 Å². The lowest BCUT2D eigenvalue weighted by molar-refractivity contribution is -0.138. The van der Waals surface area contributed by atoms with E-state index < -0.39 is 0 Å². The van der Waals surface area contributed by atoms with Crippen molar-refractivity contribution in [3.8, 4) is 11.5 Å². The quantitative estimate of drug-likeness (QED) is 0.824. The summed E-state index contributed by atoms with van der Waals surface area (Å²) in [4.78, 5) is 14.4. The molecule has 0 radical (unpaired) electrons. The second kappa shape index (κ2) is 7.08. The van der Waals surface area contributed by atoms with Crippen molar-refractivity contribution in [1.29, 1.82) is 0 Å². The Labute approximate surface area is 154 Å². The Hall–Kier alpha value is -1.79. The summed E-state index contributed by atoms with van der Waals surface area (Å²) >= 11 is 0. The van der Waals surface area contributed by atoms with Gasteiger partial charge in [0.05, 0.1) is 13.2 Å². The summed E-state index contributed by atoms with van der Waals surface area (Å²) in [6.45, 7) is 6.98. The van der Waals surface area contributed by atoms with E-state index in [0.717, 1.165) is 43.7 Å². The van der Waals surface area contributed by atoms with E-state index in [1.54, 1.807) is 0 Å². The predicted octanol–water partition coefficient (Wildman–Crippen LogP) is 2.39. The third-order valence-electron chi connectivity index (χ3n) is 5.33. The summed E-state index contributed by atoms with van der Waals surface area (Å²) in [5, 5.41) is 0. The van der Waals surface area contributed by atoms with Crippen LogP contribution < -0.4 is 9.47 Å². The first-order valence-electron chi connectivity index (χ1n) is 9.46. The van der Waals surface area contributed by atoms with E-state index in [1.165, 1.54) is 0 Å². The highest BCUT2D eigenvalue weighted by molar-refractivity contribution is 5.78. The van der Waals surface area contributed by atoms with E-state index in [-0.39, 0.29) is 24.4 Å². The zero-order valence-electron chi connectivity index (χ0n) is 15.5. The molecule has 3 heterocycles. The van der Waals surface area contributed by atoms with Gasteiger partial charge in [0.15, 0.2) is 24.4 Å². The molecule has 3 aliphatic rings. The minimum atomic E-state index is -0.224. The molecule has 0 aromatic heterocycles. The van der Waals surface area contributed by atoms with Gasteiger partial charge in [0, 0.05) is 31.0 Å². The van der Waals surface area contributed by atoms with Crippen LogP contribution in [0.3, 0.4) is 0 Å². The monoisotopic (exact) mass is 361 g/mol. The molecule has 6 nitrogen and oxygen atoms in total. The highest BCUT2D eigenvalue weighted by atomic mass is 16.7. The fourth-order valence-corrected chi connectivity index (χ4v) is 4.00. The molecule has 6 heteroatoms. The average molecular weight is 361 g/mol. The number of ether oxygens (including phenoxy) is 4. The summed E-state index contributed by atoms with van der Waals surface area (Å²) in [6, 6.07) is 5.88. The van der Waals surface area contributed by atoms with Crippen LogP contribution in [0.1, 0.15) is 32.3 Å². The summed E-state index contributed by atoms with van der Waals surface area (Å²) in [5.41, 5.74) is 0.912. The van der Waals surface area contributed by atoms with Crippen molar-refractivity contribution in [3.63, 3.8) is 0 Å². The fraction of sp³-hybridized carbons (Fsp3) is 0.650. The number of benzene rings is 1. The first-order valence-corrected chi connectivity index (χ1v) is 9.46. The first-order chi connectivity index (χ1) is 12.5. The Balaban J connectivity index is 1.30. The van der Waals surface area contributed by atoms with Gasteiger partial charge < -0.3 is 23.8 Å². The summed E-state index contributed by atoms with van der Waals surface area (Å²) in [7, 11) is 0. The topological polar surface area (TPSA) is 57.2 Å². The van der Waals surface area contributed by atoms with Crippen LogP contribution in [0, 0.1) is 5.92 Å². The Morgan fingerprint density at radius 2 is 1.96 bits per heavy atom. The number of rotatable bonds is 4. The number of carbonyl (C=O) groups is 1. The molecular formula is C20H27NO5. The summed E-state index contributed by atoms with van der Waals surface area (Å²) in [5.74, 6) is 1.84. The SMILES string of the molecule is CC1(C)Cc2cccc(OCC(=O)N3CCC(C4OCCO4)CC3)c2O1. The average Bonchev–Trinajstić information content (AvgIpc) is 3.26. The normalized spacial score (nSPS) is 22.9. The van der Waals surface area contributed by atoms with Crippen LogP contribution in [0.4, 0.5) is 0 Å². The van der Waals surface area contributed by atoms with E-state index in [2.05, 4.69) is 19.9 Å². The number of para-hydroxylation sites is 1. The molecule has 1 amide bonds. The number of carbonyl (C=O) groups excluding carboxylic acids is 1. The molecule has 26 heavy (non-hydrogen) atoms. The number of hydrogen-bond acceptors (Lipinski definition) is 5. The number of nitrogens with zero attached hydrogens (tertiary/aromatic N) is 1. The fourth-order valence-electron chi connectivity index (χ4n) is 4.00. The maximum absolute atomic E-state index is 12.5. The molecule has 0 saturated carbocycles. The maximum Gasteiger partial charge on any atom is 0.260 e. The smallest absolute Gasteiger partial charge is 0.260 e. The van der Waals surface area contributed by atoms with Crippen molar-refractivity contribution in [3.05, 3.63) is 23.8 Å². The predicted molar refractivity (Wildman–Crippen MR) is 95.3 cm³/mol. The number of likely N-dealkylation sites (tertiary alicyclic amines) is 1. The van der Waals surface area contributed by atoms with E-state index >= 15 is 0 Å². The molecule has 2 saturated heterocycles. The lowest BCUT2D eigenvalue weighted by Gasteiger charge is -2.33. The van der Waals surface area contributed by atoms with Crippen molar-refractivity contribution < 1.29 is 23.7 Å². The van der Waals surface area contributed by atoms with Gasteiger partial charge in [-0.05, 0) is 32.8 Å². The number of fused-ring (bicyclic) bond motifs is 1. The minimum absolute atomic E-state index is 0.0200. The molecule has 1 aromatic carbocycles. The van der Waals surface area contributed by atoms with Crippen molar-refractivity contribution in [1.82, 2.24) is 4.90 Å². The highest BCUT2D eigenvalue weighted by Gasteiger charge is 2.34. The lowest BCUT2D eigenvalue weighted by Crippen LogP contribution is -2.43. The van der Waals surface area contributed by atoms with Gasteiger partial charge in [-0.1, -0.05) is 12.1 Å². The molecule has 0 bridgehead atoms. The van der Waals surface area contributed by atoms with Crippen LogP contribution in [0.25, 0.3) is 0 Å². The van der Waals surface area contributed by atoms with Gasteiger partial charge in [-0.15, -0.1) is 0 Å². The zero-order valence-corrected chi connectivity index (χ0v) is 15.5. The Kier molecular flexibility index (Phi) is 4.80. The van der Waals surface area contributed by atoms with E-state index in [0.29, 0.717) is 24.9 Å². The molecule has 4 rings (SSSR count). The second-order valence-electron chi connectivity index (χ2n) is 7.90. The van der Waals surface area contributed by atoms with E-state index in [9.17, 15) is 4.79 Å². The van der Waals surface area contributed by atoms with Crippen molar-refractivity contribution in [2.45, 2.75) is 45.0 Å². The van der Waals surface area contributed by atoms with Crippen molar-refractivity contribution in [2.24, 2.45) is 5.92 Å². The molecule has 0 spiro atoms. The summed E-state index contributed by atoms with van der Waals surface area (Å²) in [6.07, 6.45) is 2.59. The molecule has 3 aliphatic heterocycles. The number of hydrogen-bond donors (Lipinski definition) is 0. The Bertz CT molecular complexity index is 660. The molecule has 0 atom stereocenters. The molecule has 0 aliphatic carbocycles. The molecule has 1 aromatic rings. The van der Waals surface area contributed by atoms with Crippen LogP contribution in [0.5, 0.6) is 11.5 Å². The zero-order chi connectivity index (χ0) is 18.1. The molecule has 0 N–H and O–H groups in total. The van der Waals surface area contributed by atoms with Gasteiger partial charge >= 0.3 is 0 Å². The van der Waals surface area contributed by atoms with Crippen LogP contribution >= 0.6 is 0 Å². The van der Waals surface area contributed by atoms with Gasteiger partial charge in [-0.3, -0.25) is 4.79 Å². The largest absolute Gasteiger partial charge is 0.483 e. The third kappa shape index (κ3) is 3.67. The first kappa shape index (κ1) is 17.6. The van der Waals surface area contributed by atoms with E-state index in [4.69, 9.17) is 18.9 Å². The Morgan fingerprint density at radius 3 is 2.69 bits per heavy atom. The van der Waals surface area contributed by atoms with Gasteiger partial charge in [-0.25, -0.2) is 0 Å². The third-order valence-corrected chi connectivity index (χ3v) is 5.33. The number of piperidine rings is 1. The highest BCUT2D eigenvalue weighted by Crippen LogP contribution is 2.41. The van der Waals surface area contributed by atoms with Crippen LogP contribution in [0.15, 0.2) is 18.2 Å². The lowest BCUT2D eigenvalue weighted by atomic mass is 9.96. The molecular weight excluding hydrogens is 334 g/mol. The maximum atomic E-state index is 12.5. The molecule has 0 unspecified atom stereocenters. The summed E-state index contributed by atoms with van der Waals surface area (Å²) < 4.78 is 23.0. The molecule has 142 valence electrons. The standard InChI is InChI=1S/C20H27NO5/c1-20(2)12-15-4-3-5-16(18(15)26-20)25-13-17(22)21-8-6-14(7-9-21)19-23-10-11-24-19/h3-5,14,19H,6-13H2,1-2H3. The van der Waals surface area contributed by atoms with Crippen LogP contribution in [0.2, 0.25) is 0 Å². The van der Waals surface area contributed by atoms with Crippen molar-refractivity contribution >= 4 is 5.91 Å². The number of amides is 1. The van der Waals surface area contributed by atoms with Crippen LogP contribution in [-0.2, 0) is 20.7 Å². The van der Waals surface area contributed by atoms with E-state index in [1.807, 2.05) is 17.0 Å².